The van der Waals surface area contributed by atoms with Crippen LogP contribution in [0, 0.1) is 27.7 Å². The van der Waals surface area contributed by atoms with Crippen molar-refractivity contribution >= 4 is 22.2 Å². The molecule has 5 rings (SSSR count). The standard InChI is InChI=1S/C28H34N4/c1-18-15-19(2)25(20(3)16-18)26-24-11-7-8-14-32(24)28-23(17-21(4)31-27(26)28)30-13-12-29-22-9-5-6-10-22/h7-8,11,14-17,22,29H,5-6,9-10,12-13H2,1-4H3,(H,30,31). The first kappa shape index (κ1) is 21.0. The Bertz CT molecular complexity index is 1250. The first-order valence-corrected chi connectivity index (χ1v) is 12.0. The number of nitrogens with one attached hydrogen (secondary N) is 2. The van der Waals surface area contributed by atoms with E-state index in [2.05, 4.69) is 85.3 Å². The Morgan fingerprint density at radius 2 is 1.69 bits per heavy atom. The van der Waals surface area contributed by atoms with E-state index < -0.39 is 0 Å². The molecule has 166 valence electrons. The Kier molecular flexibility index (Phi) is 5.64. The molecule has 3 heterocycles. The van der Waals surface area contributed by atoms with E-state index in [1.165, 1.54) is 64.5 Å². The molecule has 0 aliphatic heterocycles. The quantitative estimate of drug-likeness (QED) is 0.354. The van der Waals surface area contributed by atoms with Gasteiger partial charge in [0, 0.05) is 36.6 Å². The summed E-state index contributed by atoms with van der Waals surface area (Å²) in [5.74, 6) is 0. The Labute approximate surface area is 191 Å². The van der Waals surface area contributed by atoms with Gasteiger partial charge in [0.1, 0.15) is 0 Å². The minimum atomic E-state index is 0.698. The number of aromatic nitrogens is 2. The van der Waals surface area contributed by atoms with E-state index >= 15 is 0 Å². The second-order valence-corrected chi connectivity index (χ2v) is 9.48. The summed E-state index contributed by atoms with van der Waals surface area (Å²) in [7, 11) is 0. The molecule has 4 heteroatoms. The van der Waals surface area contributed by atoms with Crippen LogP contribution in [0.3, 0.4) is 0 Å². The van der Waals surface area contributed by atoms with Crippen molar-refractivity contribution in [2.75, 3.05) is 18.4 Å². The fourth-order valence-corrected chi connectivity index (χ4v) is 5.61. The maximum atomic E-state index is 5.07. The Morgan fingerprint density at radius 1 is 0.938 bits per heavy atom. The highest BCUT2D eigenvalue weighted by Gasteiger charge is 2.21. The van der Waals surface area contributed by atoms with Gasteiger partial charge < -0.3 is 15.0 Å². The third-order valence-electron chi connectivity index (χ3n) is 6.87. The van der Waals surface area contributed by atoms with E-state index in [9.17, 15) is 0 Å². The minimum absolute atomic E-state index is 0.698. The largest absolute Gasteiger partial charge is 0.382 e. The molecule has 0 bridgehead atoms. The van der Waals surface area contributed by atoms with Crippen molar-refractivity contribution in [2.24, 2.45) is 0 Å². The van der Waals surface area contributed by atoms with Crippen molar-refractivity contribution in [3.8, 4) is 11.1 Å². The molecule has 1 aromatic carbocycles. The van der Waals surface area contributed by atoms with E-state index in [4.69, 9.17) is 4.98 Å². The van der Waals surface area contributed by atoms with Gasteiger partial charge >= 0.3 is 0 Å². The fraction of sp³-hybridized carbons (Fsp3) is 0.393. The molecule has 4 nitrogen and oxygen atoms in total. The number of anilines is 1. The number of hydrogen-bond donors (Lipinski definition) is 2. The van der Waals surface area contributed by atoms with Gasteiger partial charge in [0.15, 0.2) is 0 Å². The summed E-state index contributed by atoms with van der Waals surface area (Å²) in [4.78, 5) is 5.07. The van der Waals surface area contributed by atoms with Gasteiger partial charge in [-0.05, 0) is 75.4 Å². The Hall–Kier alpha value is -2.85. The van der Waals surface area contributed by atoms with Crippen LogP contribution in [-0.2, 0) is 0 Å². The SMILES string of the molecule is Cc1cc(C)c(-c2c3nc(C)cc(NCCNC4CCCC4)c3n3ccccc23)c(C)c1. The van der Waals surface area contributed by atoms with E-state index in [0.717, 1.165) is 30.0 Å². The number of aryl methyl sites for hydroxylation is 4. The first-order chi connectivity index (χ1) is 15.5. The van der Waals surface area contributed by atoms with Crippen LogP contribution >= 0.6 is 0 Å². The molecule has 3 aromatic heterocycles. The molecule has 1 aliphatic rings. The van der Waals surface area contributed by atoms with E-state index in [1.54, 1.807) is 0 Å². The Balaban J connectivity index is 1.61. The van der Waals surface area contributed by atoms with Gasteiger partial charge in [0.25, 0.3) is 0 Å². The normalized spacial score (nSPS) is 14.6. The maximum absolute atomic E-state index is 5.07. The minimum Gasteiger partial charge on any atom is -0.382 e. The van der Waals surface area contributed by atoms with Gasteiger partial charge in [-0.25, -0.2) is 0 Å². The lowest BCUT2D eigenvalue weighted by Crippen LogP contribution is -2.30. The molecule has 0 unspecified atom stereocenters. The number of rotatable bonds is 6. The summed E-state index contributed by atoms with van der Waals surface area (Å²) in [5.41, 5.74) is 12.1. The molecule has 1 aliphatic carbocycles. The van der Waals surface area contributed by atoms with Crippen LogP contribution in [0.4, 0.5) is 5.69 Å². The lowest BCUT2D eigenvalue weighted by Gasteiger charge is -2.14. The van der Waals surface area contributed by atoms with E-state index in [-0.39, 0.29) is 0 Å². The molecule has 0 spiro atoms. The van der Waals surface area contributed by atoms with Crippen LogP contribution in [0.1, 0.15) is 48.1 Å². The molecule has 1 saturated carbocycles. The average molecular weight is 427 g/mol. The van der Waals surface area contributed by atoms with Crippen LogP contribution in [-0.4, -0.2) is 28.5 Å². The van der Waals surface area contributed by atoms with Gasteiger partial charge in [-0.3, -0.25) is 4.98 Å². The molecule has 1 fully saturated rings. The molecule has 0 saturated heterocycles. The summed E-state index contributed by atoms with van der Waals surface area (Å²) in [6.07, 6.45) is 7.54. The van der Waals surface area contributed by atoms with E-state index in [1.807, 2.05) is 0 Å². The number of nitrogens with zero attached hydrogens (tertiary/aromatic N) is 2. The van der Waals surface area contributed by atoms with Crippen molar-refractivity contribution in [1.82, 2.24) is 14.7 Å². The molecule has 2 N–H and O–H groups in total. The zero-order valence-electron chi connectivity index (χ0n) is 19.8. The predicted octanol–water partition coefficient (Wildman–Crippen LogP) is 6.33. The first-order valence-electron chi connectivity index (χ1n) is 12.0. The molecule has 0 atom stereocenters. The van der Waals surface area contributed by atoms with Crippen molar-refractivity contribution in [3.63, 3.8) is 0 Å². The maximum Gasteiger partial charge on any atom is 0.0994 e. The van der Waals surface area contributed by atoms with Gasteiger partial charge in [-0.15, -0.1) is 0 Å². The molecular formula is C28H34N4. The molecule has 4 aromatic rings. The monoisotopic (exact) mass is 426 g/mol. The van der Waals surface area contributed by atoms with Crippen molar-refractivity contribution in [3.05, 3.63) is 65.0 Å². The highest BCUT2D eigenvalue weighted by molar-refractivity contribution is 6.08. The highest BCUT2D eigenvalue weighted by Crippen LogP contribution is 2.40. The van der Waals surface area contributed by atoms with Crippen LogP contribution in [0.2, 0.25) is 0 Å². The summed E-state index contributed by atoms with van der Waals surface area (Å²) < 4.78 is 2.31. The number of pyridine rings is 2. The second-order valence-electron chi connectivity index (χ2n) is 9.48. The summed E-state index contributed by atoms with van der Waals surface area (Å²) >= 11 is 0. The summed E-state index contributed by atoms with van der Waals surface area (Å²) in [6, 6.07) is 13.9. The van der Waals surface area contributed by atoms with Gasteiger partial charge in [-0.1, -0.05) is 36.6 Å². The summed E-state index contributed by atoms with van der Waals surface area (Å²) in [6.45, 7) is 10.6. The number of hydrogen-bond acceptors (Lipinski definition) is 3. The number of benzene rings is 1. The Morgan fingerprint density at radius 3 is 2.44 bits per heavy atom. The lowest BCUT2D eigenvalue weighted by molar-refractivity contribution is 0.536. The lowest BCUT2D eigenvalue weighted by atomic mass is 9.93. The van der Waals surface area contributed by atoms with Crippen LogP contribution in [0.25, 0.3) is 27.7 Å². The van der Waals surface area contributed by atoms with Crippen molar-refractivity contribution in [1.29, 1.82) is 0 Å². The predicted molar refractivity (Wildman–Crippen MR) is 136 cm³/mol. The molecular weight excluding hydrogens is 392 g/mol. The number of fused-ring (bicyclic) bond motifs is 3. The van der Waals surface area contributed by atoms with Gasteiger partial charge in [0.05, 0.1) is 22.2 Å². The second kappa shape index (κ2) is 8.59. The highest BCUT2D eigenvalue weighted by atomic mass is 15.0. The van der Waals surface area contributed by atoms with Crippen LogP contribution in [0.5, 0.6) is 0 Å². The third kappa shape index (κ3) is 3.77. The zero-order valence-corrected chi connectivity index (χ0v) is 19.8. The van der Waals surface area contributed by atoms with Gasteiger partial charge in [0.2, 0.25) is 0 Å². The third-order valence-corrected chi connectivity index (χ3v) is 6.87. The molecule has 0 radical (unpaired) electrons. The molecule has 32 heavy (non-hydrogen) atoms. The van der Waals surface area contributed by atoms with Crippen LogP contribution < -0.4 is 10.6 Å². The van der Waals surface area contributed by atoms with Crippen molar-refractivity contribution < 1.29 is 0 Å². The molecule has 0 amide bonds. The topological polar surface area (TPSA) is 41.4 Å². The fourth-order valence-electron chi connectivity index (χ4n) is 5.61. The van der Waals surface area contributed by atoms with Gasteiger partial charge in [-0.2, -0.15) is 0 Å². The zero-order chi connectivity index (χ0) is 22.2. The van der Waals surface area contributed by atoms with E-state index in [0.29, 0.717) is 6.04 Å². The smallest absolute Gasteiger partial charge is 0.0994 e. The van der Waals surface area contributed by atoms with Crippen molar-refractivity contribution in [2.45, 2.75) is 59.4 Å². The average Bonchev–Trinajstić information content (AvgIpc) is 3.37. The summed E-state index contributed by atoms with van der Waals surface area (Å²) in [5, 5.41) is 7.44. The van der Waals surface area contributed by atoms with Crippen LogP contribution in [0.15, 0.2) is 42.6 Å².